The molecule has 1 atom stereocenters. The summed E-state index contributed by atoms with van der Waals surface area (Å²) in [6.45, 7) is 4.40. The Morgan fingerprint density at radius 3 is 2.55 bits per heavy atom. The molecule has 0 radical (unpaired) electrons. The maximum Gasteiger partial charge on any atom is 0.261 e. The van der Waals surface area contributed by atoms with Crippen molar-refractivity contribution in [2.75, 3.05) is 27.4 Å². The summed E-state index contributed by atoms with van der Waals surface area (Å²) in [5, 5.41) is 0. The van der Waals surface area contributed by atoms with Crippen molar-refractivity contribution in [3.8, 4) is 28.4 Å². The van der Waals surface area contributed by atoms with Crippen molar-refractivity contribution in [3.63, 3.8) is 0 Å². The fraction of sp³-hybridized carbons (Fsp3) is 0.360. The molecule has 0 saturated carbocycles. The average molecular weight is 449 g/mol. The number of likely N-dealkylation sites (tertiary alicyclic amines) is 1. The summed E-state index contributed by atoms with van der Waals surface area (Å²) in [6, 6.07) is 7.17. The minimum absolute atomic E-state index is 0.112. The summed E-state index contributed by atoms with van der Waals surface area (Å²) >= 11 is 0. The Kier molecular flexibility index (Phi) is 6.72. The smallest absolute Gasteiger partial charge is 0.261 e. The van der Waals surface area contributed by atoms with Gasteiger partial charge in [0.1, 0.15) is 5.82 Å². The number of nitrogens with zero attached hydrogens (tertiary/aromatic N) is 4. The molecule has 0 aliphatic carbocycles. The summed E-state index contributed by atoms with van der Waals surface area (Å²) < 4.78 is 16.6. The predicted octanol–water partition coefficient (Wildman–Crippen LogP) is 3.92. The van der Waals surface area contributed by atoms with Gasteiger partial charge in [-0.3, -0.25) is 9.78 Å². The van der Waals surface area contributed by atoms with Gasteiger partial charge in [-0.15, -0.1) is 0 Å². The van der Waals surface area contributed by atoms with Gasteiger partial charge < -0.3 is 19.1 Å². The molecular formula is C25H28N4O4. The van der Waals surface area contributed by atoms with Gasteiger partial charge in [-0.2, -0.15) is 0 Å². The SMILES string of the molecule is COc1cccc(OC)c1OCC(=O)N1CCC[C@@H]1c1nc(C)ncc1-c1ccncc1C. The number of carbonyl (C=O) groups is 1. The van der Waals surface area contributed by atoms with Crippen LogP contribution in [-0.2, 0) is 4.79 Å². The molecular weight excluding hydrogens is 420 g/mol. The molecule has 1 saturated heterocycles. The van der Waals surface area contributed by atoms with E-state index < -0.39 is 0 Å². The molecule has 1 aliphatic rings. The van der Waals surface area contributed by atoms with E-state index in [0.717, 1.165) is 35.2 Å². The van der Waals surface area contributed by atoms with Crippen LogP contribution in [0.2, 0.25) is 0 Å². The number of aromatic nitrogens is 3. The minimum atomic E-state index is -0.148. The number of rotatable bonds is 7. The highest BCUT2D eigenvalue weighted by molar-refractivity contribution is 5.79. The molecule has 3 heterocycles. The first kappa shape index (κ1) is 22.5. The molecule has 8 nitrogen and oxygen atoms in total. The Hall–Kier alpha value is -3.68. The van der Waals surface area contributed by atoms with Crippen LogP contribution in [0.1, 0.15) is 36.0 Å². The topological polar surface area (TPSA) is 86.7 Å². The zero-order valence-corrected chi connectivity index (χ0v) is 19.4. The molecule has 1 aromatic carbocycles. The Labute approximate surface area is 193 Å². The number of ether oxygens (including phenoxy) is 3. The lowest BCUT2D eigenvalue weighted by atomic mass is 9.97. The third kappa shape index (κ3) is 4.60. The molecule has 0 bridgehead atoms. The van der Waals surface area contributed by atoms with Crippen LogP contribution < -0.4 is 14.2 Å². The Morgan fingerprint density at radius 1 is 1.09 bits per heavy atom. The number of amides is 1. The van der Waals surface area contributed by atoms with E-state index in [1.165, 1.54) is 0 Å². The second kappa shape index (κ2) is 9.85. The van der Waals surface area contributed by atoms with E-state index in [0.29, 0.717) is 29.6 Å². The van der Waals surface area contributed by atoms with Crippen molar-refractivity contribution in [1.29, 1.82) is 0 Å². The number of hydrogen-bond donors (Lipinski definition) is 0. The van der Waals surface area contributed by atoms with Gasteiger partial charge in [-0.25, -0.2) is 9.97 Å². The van der Waals surface area contributed by atoms with Crippen LogP contribution in [0.25, 0.3) is 11.1 Å². The first-order valence-electron chi connectivity index (χ1n) is 10.9. The van der Waals surface area contributed by atoms with E-state index in [-0.39, 0.29) is 18.6 Å². The normalized spacial score (nSPS) is 15.4. The van der Waals surface area contributed by atoms with Crippen molar-refractivity contribution in [2.24, 2.45) is 0 Å². The quantitative estimate of drug-likeness (QED) is 0.541. The molecule has 172 valence electrons. The molecule has 33 heavy (non-hydrogen) atoms. The number of aryl methyl sites for hydroxylation is 2. The zero-order chi connectivity index (χ0) is 23.4. The third-order valence-corrected chi connectivity index (χ3v) is 5.86. The monoisotopic (exact) mass is 448 g/mol. The highest BCUT2D eigenvalue weighted by Gasteiger charge is 2.33. The number of benzene rings is 1. The second-order valence-corrected chi connectivity index (χ2v) is 7.93. The van der Waals surface area contributed by atoms with E-state index in [4.69, 9.17) is 19.2 Å². The van der Waals surface area contributed by atoms with Crippen LogP contribution >= 0.6 is 0 Å². The molecule has 0 unspecified atom stereocenters. The highest BCUT2D eigenvalue weighted by atomic mass is 16.5. The fourth-order valence-corrected chi connectivity index (χ4v) is 4.25. The number of pyridine rings is 1. The molecule has 2 aromatic heterocycles. The number of para-hydroxylation sites is 1. The molecule has 1 amide bonds. The van der Waals surface area contributed by atoms with Crippen molar-refractivity contribution in [3.05, 3.63) is 59.9 Å². The Bertz CT molecular complexity index is 1130. The summed E-state index contributed by atoms with van der Waals surface area (Å²) in [4.78, 5) is 28.5. The number of hydrogen-bond acceptors (Lipinski definition) is 7. The number of carbonyl (C=O) groups excluding carboxylic acids is 1. The molecule has 8 heteroatoms. The van der Waals surface area contributed by atoms with Gasteiger partial charge in [0.2, 0.25) is 5.75 Å². The van der Waals surface area contributed by atoms with Crippen molar-refractivity contribution in [2.45, 2.75) is 32.7 Å². The lowest BCUT2D eigenvalue weighted by Gasteiger charge is -2.26. The van der Waals surface area contributed by atoms with Crippen LogP contribution in [0, 0.1) is 13.8 Å². The summed E-state index contributed by atoms with van der Waals surface area (Å²) in [6.07, 6.45) is 7.16. The molecule has 1 aliphatic heterocycles. The largest absolute Gasteiger partial charge is 0.493 e. The maximum absolute atomic E-state index is 13.3. The average Bonchev–Trinajstić information content (AvgIpc) is 3.32. The Morgan fingerprint density at radius 2 is 1.85 bits per heavy atom. The second-order valence-electron chi connectivity index (χ2n) is 7.93. The van der Waals surface area contributed by atoms with Gasteiger partial charge >= 0.3 is 0 Å². The fourth-order valence-electron chi connectivity index (χ4n) is 4.25. The van der Waals surface area contributed by atoms with Crippen LogP contribution in [0.5, 0.6) is 17.2 Å². The van der Waals surface area contributed by atoms with E-state index in [9.17, 15) is 4.79 Å². The van der Waals surface area contributed by atoms with Gasteiger partial charge in [0.15, 0.2) is 18.1 Å². The van der Waals surface area contributed by atoms with Crippen molar-refractivity contribution >= 4 is 5.91 Å². The standard InChI is InChI=1S/C25H28N4O4/c1-16-13-26-11-10-18(16)19-14-27-17(2)28-24(19)20-7-6-12-29(20)23(30)15-33-25-21(31-3)8-5-9-22(25)32-4/h5,8-11,13-14,20H,6-7,12,15H2,1-4H3/t20-/m1/s1. The van der Waals surface area contributed by atoms with Gasteiger partial charge in [0.25, 0.3) is 5.91 Å². The maximum atomic E-state index is 13.3. The van der Waals surface area contributed by atoms with Gasteiger partial charge in [-0.1, -0.05) is 6.07 Å². The van der Waals surface area contributed by atoms with Crippen molar-refractivity contribution < 1.29 is 19.0 Å². The molecule has 0 spiro atoms. The van der Waals surface area contributed by atoms with Crippen LogP contribution in [0.15, 0.2) is 42.9 Å². The molecule has 3 aromatic rings. The molecule has 4 rings (SSSR count). The van der Waals surface area contributed by atoms with E-state index in [1.54, 1.807) is 32.5 Å². The van der Waals surface area contributed by atoms with Crippen LogP contribution in [-0.4, -0.2) is 53.1 Å². The predicted molar refractivity (Wildman–Crippen MR) is 123 cm³/mol. The summed E-state index contributed by atoms with van der Waals surface area (Å²) in [7, 11) is 3.11. The Balaban J connectivity index is 1.60. The van der Waals surface area contributed by atoms with E-state index >= 15 is 0 Å². The molecule has 0 N–H and O–H groups in total. The van der Waals surface area contributed by atoms with Crippen LogP contribution in [0.4, 0.5) is 0 Å². The zero-order valence-electron chi connectivity index (χ0n) is 19.4. The van der Waals surface area contributed by atoms with Gasteiger partial charge in [0.05, 0.1) is 26.0 Å². The molecule has 1 fully saturated rings. The van der Waals surface area contributed by atoms with Crippen LogP contribution in [0.3, 0.4) is 0 Å². The lowest BCUT2D eigenvalue weighted by molar-refractivity contribution is -0.134. The number of methoxy groups -OCH3 is 2. The summed E-state index contributed by atoms with van der Waals surface area (Å²) in [5.74, 6) is 2.01. The highest BCUT2D eigenvalue weighted by Crippen LogP contribution is 2.39. The van der Waals surface area contributed by atoms with E-state index in [1.807, 2.05) is 43.3 Å². The summed E-state index contributed by atoms with van der Waals surface area (Å²) in [5.41, 5.74) is 3.85. The van der Waals surface area contributed by atoms with Crippen molar-refractivity contribution in [1.82, 2.24) is 19.9 Å². The minimum Gasteiger partial charge on any atom is -0.493 e. The van der Waals surface area contributed by atoms with Gasteiger partial charge in [0, 0.05) is 30.7 Å². The first-order chi connectivity index (χ1) is 16.0. The van der Waals surface area contributed by atoms with Gasteiger partial charge in [-0.05, 0) is 56.0 Å². The third-order valence-electron chi connectivity index (χ3n) is 5.86. The lowest BCUT2D eigenvalue weighted by Crippen LogP contribution is -2.35. The first-order valence-corrected chi connectivity index (χ1v) is 10.9. The van der Waals surface area contributed by atoms with E-state index in [2.05, 4.69) is 9.97 Å².